The van der Waals surface area contributed by atoms with E-state index < -0.39 is 10.9 Å². The van der Waals surface area contributed by atoms with Crippen molar-refractivity contribution in [1.29, 1.82) is 0 Å². The Labute approximate surface area is 97.9 Å². The van der Waals surface area contributed by atoms with Crippen molar-refractivity contribution in [2.45, 2.75) is 0 Å². The van der Waals surface area contributed by atoms with E-state index in [-0.39, 0.29) is 13.9 Å². The number of rotatable bonds is 3. The van der Waals surface area contributed by atoms with Gasteiger partial charge in [0.05, 0.1) is 10.2 Å². The number of benzene rings is 1. The first-order chi connectivity index (χ1) is 8.09. The lowest BCUT2D eigenvalue weighted by atomic mass is 10.1. The molecule has 0 aliphatic heterocycles. The molecule has 17 heavy (non-hydrogen) atoms. The van der Waals surface area contributed by atoms with Gasteiger partial charge in [-0.05, 0) is 29.6 Å². The van der Waals surface area contributed by atoms with E-state index in [4.69, 9.17) is 5.11 Å². The third-order valence-electron chi connectivity index (χ3n) is 2.35. The van der Waals surface area contributed by atoms with Crippen molar-refractivity contribution in [3.8, 4) is 11.1 Å². The first-order valence-electron chi connectivity index (χ1n) is 4.75. The van der Waals surface area contributed by atoms with Gasteiger partial charge >= 0.3 is 5.97 Å². The molecule has 0 saturated carbocycles. The average Bonchev–Trinajstić information content (AvgIpc) is 2.78. The molecule has 5 nitrogen and oxygen atoms in total. The lowest BCUT2D eigenvalue weighted by Gasteiger charge is -2.00. The van der Waals surface area contributed by atoms with Crippen LogP contribution in [0.15, 0.2) is 36.1 Å². The van der Waals surface area contributed by atoms with Crippen LogP contribution >= 0.6 is 8.19 Å². The third kappa shape index (κ3) is 2.19. The maximum atomic E-state index is 11.0. The molecule has 0 saturated heterocycles. The Morgan fingerprint density at radius 1 is 1.24 bits per heavy atom. The Morgan fingerprint density at radius 3 is 2.41 bits per heavy atom. The van der Waals surface area contributed by atoms with Gasteiger partial charge in [0.15, 0.2) is 0 Å². The zero-order valence-corrected chi connectivity index (χ0v) is 9.58. The fraction of sp³-hybridized carbons (Fsp3) is 0. The van der Waals surface area contributed by atoms with E-state index in [0.29, 0.717) is 16.4 Å². The number of nitro benzene ring substituents is 1. The lowest BCUT2D eigenvalue weighted by Crippen LogP contribution is -1.94. The maximum absolute atomic E-state index is 11.0. The van der Waals surface area contributed by atoms with Gasteiger partial charge in [0.1, 0.15) is 0 Å². The van der Waals surface area contributed by atoms with Crippen LogP contribution in [-0.2, 0) is 0 Å². The van der Waals surface area contributed by atoms with Crippen LogP contribution in [0.1, 0.15) is 10.1 Å². The van der Waals surface area contributed by atoms with Gasteiger partial charge in [-0.1, -0.05) is 0 Å². The highest BCUT2D eigenvalue weighted by molar-refractivity contribution is 7.32. The minimum absolute atomic E-state index is 0.00403. The predicted molar refractivity (Wildman–Crippen MR) is 65.0 cm³/mol. The maximum Gasteiger partial charge on any atom is 0.340 e. The van der Waals surface area contributed by atoms with Crippen molar-refractivity contribution < 1.29 is 14.8 Å². The lowest BCUT2D eigenvalue weighted by molar-refractivity contribution is -0.384. The summed E-state index contributed by atoms with van der Waals surface area (Å²) in [7, 11) is 0.144. The van der Waals surface area contributed by atoms with Gasteiger partial charge in [-0.25, -0.2) is 4.79 Å². The molecule has 0 amide bonds. The molecule has 0 fully saturated rings. The van der Waals surface area contributed by atoms with Gasteiger partial charge in [0, 0.05) is 17.7 Å². The van der Waals surface area contributed by atoms with Gasteiger partial charge in [-0.2, -0.15) is 0 Å². The van der Waals surface area contributed by atoms with Crippen molar-refractivity contribution >= 4 is 19.8 Å². The quantitative estimate of drug-likeness (QED) is 0.669. The van der Waals surface area contributed by atoms with Crippen LogP contribution in [0.5, 0.6) is 0 Å². The molecule has 1 aromatic carbocycles. The van der Waals surface area contributed by atoms with Crippen LogP contribution in [0.3, 0.4) is 0 Å². The summed E-state index contributed by atoms with van der Waals surface area (Å²) in [6.45, 7) is 0. The Kier molecular flexibility index (Phi) is 2.93. The fourth-order valence-corrected chi connectivity index (χ4v) is 2.47. The summed E-state index contributed by atoms with van der Waals surface area (Å²) in [6, 6.07) is 7.62. The number of nitro groups is 1. The number of carboxylic acid groups (broad SMARTS) is 1. The summed E-state index contributed by atoms with van der Waals surface area (Å²) in [5.74, 6) is 0.849. The van der Waals surface area contributed by atoms with Crippen LogP contribution in [0.2, 0.25) is 0 Å². The molecule has 0 aliphatic carbocycles. The molecule has 0 radical (unpaired) electrons. The predicted octanol–water partition coefficient (Wildman–Crippen LogP) is 2.99. The van der Waals surface area contributed by atoms with Crippen molar-refractivity contribution in [1.82, 2.24) is 0 Å². The van der Waals surface area contributed by atoms with E-state index in [9.17, 15) is 14.9 Å². The number of carboxylic acids is 1. The van der Waals surface area contributed by atoms with Gasteiger partial charge in [0.25, 0.3) is 5.69 Å². The first kappa shape index (κ1) is 11.4. The normalized spacial score (nSPS) is 10.6. The summed E-state index contributed by atoms with van der Waals surface area (Å²) in [5.41, 5.74) is 1.32. The monoisotopic (exact) mass is 249 g/mol. The summed E-state index contributed by atoms with van der Waals surface area (Å²) >= 11 is 0. The molecule has 0 spiro atoms. The molecule has 2 aromatic rings. The fourth-order valence-electron chi connectivity index (χ4n) is 1.55. The van der Waals surface area contributed by atoms with Crippen LogP contribution in [0, 0.1) is 10.1 Å². The highest BCUT2D eigenvalue weighted by Crippen LogP contribution is 2.31. The highest BCUT2D eigenvalue weighted by atomic mass is 31.0. The van der Waals surface area contributed by atoms with Crippen molar-refractivity contribution in [2.24, 2.45) is 0 Å². The SMILES string of the molecule is O=C(O)c1[pH]ccc1-c1ccc([N+](=O)[O-])cc1. The number of hydrogen-bond acceptors (Lipinski definition) is 3. The first-order valence-corrected chi connectivity index (χ1v) is 5.83. The number of nitrogens with zero attached hydrogens (tertiary/aromatic N) is 1. The van der Waals surface area contributed by atoms with Crippen LogP contribution in [-0.4, -0.2) is 16.0 Å². The van der Waals surface area contributed by atoms with Gasteiger partial charge in [0.2, 0.25) is 0 Å². The summed E-state index contributed by atoms with van der Waals surface area (Å²) in [5, 5.41) is 19.8. The molecule has 0 aliphatic rings. The summed E-state index contributed by atoms with van der Waals surface area (Å²) in [6.07, 6.45) is 0. The second-order valence-electron chi connectivity index (χ2n) is 3.38. The topological polar surface area (TPSA) is 80.4 Å². The largest absolute Gasteiger partial charge is 0.477 e. The van der Waals surface area contributed by atoms with E-state index in [1.54, 1.807) is 24.0 Å². The van der Waals surface area contributed by atoms with Crippen LogP contribution < -0.4 is 0 Å². The average molecular weight is 249 g/mol. The standard InChI is InChI=1S/C11H8NO4P/c13-11(14)10-9(5-6-17-10)7-1-3-8(4-2-7)12(15)16/h1-6,17H,(H,13,14). The Hall–Kier alpha value is -2.13. The number of hydrogen-bond donors (Lipinski definition) is 1. The van der Waals surface area contributed by atoms with Crippen LogP contribution in [0.25, 0.3) is 11.1 Å². The third-order valence-corrected chi connectivity index (χ3v) is 3.46. The molecule has 1 aromatic heterocycles. The Balaban J connectivity index is 2.43. The smallest absolute Gasteiger partial charge is 0.340 e. The second-order valence-corrected chi connectivity index (χ2v) is 4.50. The number of non-ortho nitro benzene ring substituents is 1. The molecular formula is C11H8NO4P. The number of carbonyl (C=O) groups is 1. The van der Waals surface area contributed by atoms with Crippen molar-refractivity contribution in [3.63, 3.8) is 0 Å². The Bertz CT molecular complexity index is 573. The van der Waals surface area contributed by atoms with Crippen molar-refractivity contribution in [2.75, 3.05) is 0 Å². The molecule has 1 unspecified atom stereocenters. The molecule has 1 heterocycles. The van der Waals surface area contributed by atoms with E-state index in [0.717, 1.165) is 0 Å². The van der Waals surface area contributed by atoms with Gasteiger partial charge in [-0.15, -0.1) is 8.19 Å². The zero-order valence-electron chi connectivity index (χ0n) is 8.58. The van der Waals surface area contributed by atoms with E-state index in [2.05, 4.69) is 0 Å². The van der Waals surface area contributed by atoms with E-state index >= 15 is 0 Å². The Morgan fingerprint density at radius 2 is 1.88 bits per heavy atom. The summed E-state index contributed by atoms with van der Waals surface area (Å²) in [4.78, 5) is 21.0. The molecule has 86 valence electrons. The molecule has 1 atom stereocenters. The minimum Gasteiger partial charge on any atom is -0.477 e. The molecule has 0 bridgehead atoms. The van der Waals surface area contributed by atoms with E-state index in [1.807, 2.05) is 0 Å². The van der Waals surface area contributed by atoms with Crippen molar-refractivity contribution in [3.05, 3.63) is 51.5 Å². The molecular weight excluding hydrogens is 241 g/mol. The van der Waals surface area contributed by atoms with Crippen LogP contribution in [0.4, 0.5) is 5.69 Å². The zero-order chi connectivity index (χ0) is 12.4. The van der Waals surface area contributed by atoms with Gasteiger partial charge < -0.3 is 5.11 Å². The van der Waals surface area contributed by atoms with E-state index in [1.165, 1.54) is 12.1 Å². The summed E-state index contributed by atoms with van der Waals surface area (Å²) < 4.78 is 0. The molecule has 1 N–H and O–H groups in total. The van der Waals surface area contributed by atoms with Gasteiger partial charge in [-0.3, -0.25) is 10.1 Å². The molecule has 6 heteroatoms. The second kappa shape index (κ2) is 4.39. The minimum atomic E-state index is -0.943. The highest BCUT2D eigenvalue weighted by Gasteiger charge is 2.13. The molecule has 2 rings (SSSR count). The number of aromatic carboxylic acids is 1.